The Morgan fingerprint density at radius 1 is 1.56 bits per heavy atom. The van der Waals surface area contributed by atoms with Gasteiger partial charge in [0.2, 0.25) is 0 Å². The fourth-order valence-corrected chi connectivity index (χ4v) is 1.39. The van der Waals surface area contributed by atoms with E-state index >= 15 is 0 Å². The van der Waals surface area contributed by atoms with E-state index in [0.717, 1.165) is 5.56 Å². The summed E-state index contributed by atoms with van der Waals surface area (Å²) < 4.78 is 4.57. The van der Waals surface area contributed by atoms with Crippen LogP contribution in [0.2, 0.25) is 0 Å². The number of esters is 1. The summed E-state index contributed by atoms with van der Waals surface area (Å²) >= 11 is 0. The molecule has 16 heavy (non-hydrogen) atoms. The molecule has 0 saturated heterocycles. The molecule has 1 aromatic carbocycles. The van der Waals surface area contributed by atoms with Gasteiger partial charge in [0.05, 0.1) is 25.3 Å². The van der Waals surface area contributed by atoms with Crippen LogP contribution in [-0.4, -0.2) is 31.6 Å². The van der Waals surface area contributed by atoms with Crippen molar-refractivity contribution < 1.29 is 9.53 Å². The van der Waals surface area contributed by atoms with Crippen LogP contribution in [-0.2, 0) is 16.1 Å². The Hall–Kier alpha value is -1.86. The summed E-state index contributed by atoms with van der Waals surface area (Å²) in [4.78, 5) is 12.9. The number of nitrogens with zero attached hydrogens (tertiary/aromatic N) is 2. The molecule has 0 bridgehead atoms. The molecule has 4 heteroatoms. The zero-order chi connectivity index (χ0) is 12.0. The summed E-state index contributed by atoms with van der Waals surface area (Å²) in [5.41, 5.74) is 1.63. The molecule has 0 saturated carbocycles. The summed E-state index contributed by atoms with van der Waals surface area (Å²) in [5, 5.41) is 8.74. The minimum atomic E-state index is -0.265. The lowest BCUT2D eigenvalue weighted by molar-refractivity contribution is -0.141. The van der Waals surface area contributed by atoms with Crippen LogP contribution >= 0.6 is 0 Å². The molecule has 0 radical (unpaired) electrons. The van der Waals surface area contributed by atoms with Gasteiger partial charge in [0.1, 0.15) is 0 Å². The second-order valence-electron chi connectivity index (χ2n) is 3.56. The number of carbonyl (C=O) groups excluding carboxylic acids is 1. The van der Waals surface area contributed by atoms with Crippen LogP contribution in [0.25, 0.3) is 0 Å². The zero-order valence-electron chi connectivity index (χ0n) is 9.43. The van der Waals surface area contributed by atoms with Gasteiger partial charge in [-0.15, -0.1) is 0 Å². The molecule has 0 aliphatic rings. The number of methoxy groups -OCH3 is 1. The maximum Gasteiger partial charge on any atom is 0.319 e. The van der Waals surface area contributed by atoms with Gasteiger partial charge in [-0.05, 0) is 24.7 Å². The number of hydrogen-bond acceptors (Lipinski definition) is 4. The zero-order valence-corrected chi connectivity index (χ0v) is 9.43. The molecule has 0 N–H and O–H groups in total. The molecule has 0 unspecified atom stereocenters. The molecule has 84 valence electrons. The molecule has 4 nitrogen and oxygen atoms in total. The molecule has 1 aromatic rings. The average Bonchev–Trinajstić information content (AvgIpc) is 2.28. The third-order valence-electron chi connectivity index (χ3n) is 2.14. The van der Waals surface area contributed by atoms with E-state index in [1.165, 1.54) is 7.11 Å². The van der Waals surface area contributed by atoms with E-state index in [-0.39, 0.29) is 12.5 Å². The SMILES string of the molecule is COC(=O)CN(C)Cc1cccc(C#N)c1. The fraction of sp³-hybridized carbons (Fsp3) is 0.333. The Balaban J connectivity index is 2.59. The van der Waals surface area contributed by atoms with Crippen molar-refractivity contribution in [3.05, 3.63) is 35.4 Å². The first-order chi connectivity index (χ1) is 7.65. The first-order valence-electron chi connectivity index (χ1n) is 4.90. The van der Waals surface area contributed by atoms with Gasteiger partial charge in [-0.25, -0.2) is 0 Å². The number of likely N-dealkylation sites (N-methyl/N-ethyl adjacent to an activating group) is 1. The van der Waals surface area contributed by atoms with Crippen molar-refractivity contribution in [1.82, 2.24) is 4.90 Å². The van der Waals surface area contributed by atoms with E-state index in [0.29, 0.717) is 12.1 Å². The van der Waals surface area contributed by atoms with Gasteiger partial charge in [0.25, 0.3) is 0 Å². The molecular formula is C12H14N2O2. The van der Waals surface area contributed by atoms with Gasteiger partial charge < -0.3 is 4.74 Å². The topological polar surface area (TPSA) is 53.3 Å². The summed E-state index contributed by atoms with van der Waals surface area (Å²) in [6.07, 6.45) is 0. The highest BCUT2D eigenvalue weighted by Crippen LogP contribution is 2.06. The van der Waals surface area contributed by atoms with Crippen LogP contribution in [0.5, 0.6) is 0 Å². The minimum Gasteiger partial charge on any atom is -0.468 e. The Labute approximate surface area is 95.0 Å². The number of ether oxygens (including phenoxy) is 1. The Morgan fingerprint density at radius 3 is 2.94 bits per heavy atom. The third kappa shape index (κ3) is 3.71. The van der Waals surface area contributed by atoms with Crippen LogP contribution in [0.4, 0.5) is 0 Å². The van der Waals surface area contributed by atoms with E-state index in [4.69, 9.17) is 5.26 Å². The van der Waals surface area contributed by atoms with Gasteiger partial charge >= 0.3 is 5.97 Å². The van der Waals surface area contributed by atoms with Crippen molar-refractivity contribution in [3.63, 3.8) is 0 Å². The van der Waals surface area contributed by atoms with E-state index in [1.807, 2.05) is 30.1 Å². The molecule has 0 aliphatic heterocycles. The number of carbonyl (C=O) groups is 1. The summed E-state index contributed by atoms with van der Waals surface area (Å²) in [6, 6.07) is 9.41. The largest absolute Gasteiger partial charge is 0.468 e. The normalized spacial score (nSPS) is 9.88. The van der Waals surface area contributed by atoms with Crippen molar-refractivity contribution in [2.24, 2.45) is 0 Å². The van der Waals surface area contributed by atoms with Crippen LogP contribution in [0.15, 0.2) is 24.3 Å². The summed E-state index contributed by atoms with van der Waals surface area (Å²) in [5.74, 6) is -0.265. The van der Waals surface area contributed by atoms with Crippen LogP contribution in [0.1, 0.15) is 11.1 Å². The van der Waals surface area contributed by atoms with E-state index in [9.17, 15) is 4.79 Å². The maximum absolute atomic E-state index is 11.0. The Kier molecular flexibility index (Phi) is 4.49. The average molecular weight is 218 g/mol. The lowest BCUT2D eigenvalue weighted by Crippen LogP contribution is -2.26. The van der Waals surface area contributed by atoms with Crippen LogP contribution < -0.4 is 0 Å². The van der Waals surface area contributed by atoms with Gasteiger partial charge in [-0.2, -0.15) is 5.26 Å². The van der Waals surface area contributed by atoms with Gasteiger partial charge in [0, 0.05) is 6.54 Å². The van der Waals surface area contributed by atoms with E-state index in [1.54, 1.807) is 6.07 Å². The lowest BCUT2D eigenvalue weighted by atomic mass is 10.1. The second-order valence-corrected chi connectivity index (χ2v) is 3.56. The quantitative estimate of drug-likeness (QED) is 0.712. The van der Waals surface area contributed by atoms with Crippen molar-refractivity contribution in [2.45, 2.75) is 6.54 Å². The van der Waals surface area contributed by atoms with Crippen LogP contribution in [0.3, 0.4) is 0 Å². The van der Waals surface area contributed by atoms with Crippen molar-refractivity contribution in [2.75, 3.05) is 20.7 Å². The maximum atomic E-state index is 11.0. The van der Waals surface area contributed by atoms with Gasteiger partial charge in [-0.1, -0.05) is 12.1 Å². The Bertz CT molecular complexity index is 410. The highest BCUT2D eigenvalue weighted by molar-refractivity contribution is 5.71. The van der Waals surface area contributed by atoms with E-state index < -0.39 is 0 Å². The monoisotopic (exact) mass is 218 g/mol. The van der Waals surface area contributed by atoms with Crippen molar-refractivity contribution in [3.8, 4) is 6.07 Å². The number of nitriles is 1. The number of hydrogen-bond donors (Lipinski definition) is 0. The molecule has 0 aromatic heterocycles. The van der Waals surface area contributed by atoms with Crippen molar-refractivity contribution in [1.29, 1.82) is 5.26 Å². The highest BCUT2D eigenvalue weighted by Gasteiger charge is 2.06. The predicted octanol–water partition coefficient (Wildman–Crippen LogP) is 1.16. The molecule has 0 heterocycles. The highest BCUT2D eigenvalue weighted by atomic mass is 16.5. The number of rotatable bonds is 4. The first-order valence-corrected chi connectivity index (χ1v) is 4.90. The molecule has 0 fully saturated rings. The molecule has 0 aliphatic carbocycles. The van der Waals surface area contributed by atoms with Crippen molar-refractivity contribution >= 4 is 5.97 Å². The number of benzene rings is 1. The second kappa shape index (κ2) is 5.89. The standard InChI is InChI=1S/C12H14N2O2/c1-14(9-12(15)16-2)8-11-5-3-4-10(6-11)7-13/h3-6H,8-9H2,1-2H3. The molecule has 1 rings (SSSR count). The van der Waals surface area contributed by atoms with E-state index in [2.05, 4.69) is 10.8 Å². The first kappa shape index (κ1) is 12.2. The van der Waals surface area contributed by atoms with Crippen LogP contribution in [0, 0.1) is 11.3 Å². The molecule has 0 spiro atoms. The fourth-order valence-electron chi connectivity index (χ4n) is 1.39. The molecular weight excluding hydrogens is 204 g/mol. The Morgan fingerprint density at radius 2 is 2.31 bits per heavy atom. The third-order valence-corrected chi connectivity index (χ3v) is 2.14. The predicted molar refractivity (Wildman–Crippen MR) is 59.5 cm³/mol. The lowest BCUT2D eigenvalue weighted by Gasteiger charge is -2.14. The van der Waals surface area contributed by atoms with Gasteiger partial charge in [-0.3, -0.25) is 9.69 Å². The minimum absolute atomic E-state index is 0.243. The summed E-state index contributed by atoms with van der Waals surface area (Å²) in [7, 11) is 3.20. The molecule has 0 atom stereocenters. The van der Waals surface area contributed by atoms with Gasteiger partial charge in [0.15, 0.2) is 0 Å². The molecule has 0 amide bonds. The smallest absolute Gasteiger partial charge is 0.319 e. The summed E-state index contributed by atoms with van der Waals surface area (Å²) in [6.45, 7) is 0.859.